The standard InChI is InChI=1S/C5H8ClN3O4/c1-12-4(10)8-3(7)9(6)5(11)13-2/h1-2H3,(H2,7,8,10). The maximum atomic E-state index is 10.7. The Morgan fingerprint density at radius 3 is 2.31 bits per heavy atom. The summed E-state index contributed by atoms with van der Waals surface area (Å²) in [6.07, 6.45) is -1.89. The van der Waals surface area contributed by atoms with Crippen LogP contribution in [-0.2, 0) is 9.47 Å². The number of guanidine groups is 1. The highest BCUT2D eigenvalue weighted by Gasteiger charge is 2.18. The van der Waals surface area contributed by atoms with Gasteiger partial charge in [-0.15, -0.1) is 0 Å². The molecule has 2 N–H and O–H groups in total. The number of hydrogen-bond donors (Lipinski definition) is 2. The Bertz CT molecular complexity index is 232. The maximum Gasteiger partial charge on any atom is 0.431 e. The summed E-state index contributed by atoms with van der Waals surface area (Å²) in [6, 6.07) is 0. The number of rotatable bonds is 0. The lowest BCUT2D eigenvalue weighted by atomic mass is 10.8. The maximum absolute atomic E-state index is 10.7. The van der Waals surface area contributed by atoms with E-state index in [4.69, 9.17) is 17.2 Å². The molecule has 0 heterocycles. The van der Waals surface area contributed by atoms with Gasteiger partial charge < -0.3 is 9.47 Å². The third kappa shape index (κ3) is 3.61. The minimum absolute atomic E-state index is 0.289. The molecule has 0 saturated heterocycles. The fourth-order valence-electron chi connectivity index (χ4n) is 0.368. The zero-order valence-electron chi connectivity index (χ0n) is 6.96. The zero-order valence-corrected chi connectivity index (χ0v) is 7.71. The highest BCUT2D eigenvalue weighted by Crippen LogP contribution is 1.97. The lowest BCUT2D eigenvalue weighted by molar-refractivity contribution is 0.160. The van der Waals surface area contributed by atoms with E-state index in [9.17, 15) is 9.59 Å². The second-order valence-corrected chi connectivity index (χ2v) is 2.05. The summed E-state index contributed by atoms with van der Waals surface area (Å²) in [5.41, 5.74) is 0. The van der Waals surface area contributed by atoms with Crippen LogP contribution in [0.3, 0.4) is 0 Å². The van der Waals surface area contributed by atoms with Gasteiger partial charge in [-0.3, -0.25) is 10.7 Å². The van der Waals surface area contributed by atoms with Crippen LogP contribution in [0.1, 0.15) is 0 Å². The van der Waals surface area contributed by atoms with Crippen molar-refractivity contribution in [3.63, 3.8) is 0 Å². The molecule has 0 aliphatic heterocycles. The molecule has 0 radical (unpaired) electrons. The lowest BCUT2D eigenvalue weighted by Gasteiger charge is -2.12. The number of nitrogens with one attached hydrogen (secondary N) is 2. The van der Waals surface area contributed by atoms with Gasteiger partial charge in [-0.25, -0.2) is 9.59 Å². The van der Waals surface area contributed by atoms with Crippen LogP contribution in [0.5, 0.6) is 0 Å². The molecule has 0 fully saturated rings. The first kappa shape index (κ1) is 11.5. The molecule has 0 bridgehead atoms. The average Bonchev–Trinajstić information content (AvgIpc) is 2.14. The molecule has 0 aromatic heterocycles. The van der Waals surface area contributed by atoms with Crippen molar-refractivity contribution in [1.29, 1.82) is 5.41 Å². The number of hydrogen-bond acceptors (Lipinski definition) is 5. The van der Waals surface area contributed by atoms with Crippen LogP contribution in [0, 0.1) is 5.41 Å². The predicted octanol–water partition coefficient (Wildman–Crippen LogP) is 0.499. The Balaban J connectivity index is 4.11. The van der Waals surface area contributed by atoms with E-state index >= 15 is 0 Å². The second kappa shape index (κ2) is 5.20. The largest absolute Gasteiger partial charge is 0.453 e. The number of methoxy groups -OCH3 is 2. The molecule has 8 heteroatoms. The number of amides is 2. The summed E-state index contributed by atoms with van der Waals surface area (Å²) in [4.78, 5) is 21.2. The Morgan fingerprint density at radius 1 is 1.38 bits per heavy atom. The summed E-state index contributed by atoms with van der Waals surface area (Å²) in [5, 5.41) is 8.90. The third-order valence-electron chi connectivity index (χ3n) is 0.937. The molecule has 0 saturated carbocycles. The van der Waals surface area contributed by atoms with E-state index in [1.807, 2.05) is 5.32 Å². The van der Waals surface area contributed by atoms with Gasteiger partial charge in [0, 0.05) is 11.8 Å². The van der Waals surface area contributed by atoms with E-state index < -0.39 is 18.1 Å². The van der Waals surface area contributed by atoms with Crippen LogP contribution in [0.4, 0.5) is 9.59 Å². The Hall–Kier alpha value is -1.50. The van der Waals surface area contributed by atoms with Crippen molar-refractivity contribution in [2.75, 3.05) is 14.2 Å². The van der Waals surface area contributed by atoms with Gasteiger partial charge in [0.1, 0.15) is 0 Å². The van der Waals surface area contributed by atoms with Crippen LogP contribution in [0.2, 0.25) is 0 Å². The molecule has 0 aromatic rings. The number of nitrogens with zero attached hydrogens (tertiary/aromatic N) is 1. The van der Waals surface area contributed by atoms with E-state index in [0.29, 0.717) is 0 Å². The van der Waals surface area contributed by atoms with Crippen LogP contribution in [-0.4, -0.2) is 36.8 Å². The molecule has 0 aliphatic carbocycles. The third-order valence-corrected chi connectivity index (χ3v) is 1.24. The minimum atomic E-state index is -0.983. The molecular weight excluding hydrogens is 202 g/mol. The normalized spacial score (nSPS) is 8.54. The van der Waals surface area contributed by atoms with Crippen molar-refractivity contribution < 1.29 is 19.1 Å². The molecule has 7 nitrogen and oxygen atoms in total. The van der Waals surface area contributed by atoms with E-state index in [1.165, 1.54) is 0 Å². The second-order valence-electron chi connectivity index (χ2n) is 1.72. The number of carbonyl (C=O) groups is 2. The Morgan fingerprint density at radius 2 is 1.92 bits per heavy atom. The van der Waals surface area contributed by atoms with Crippen LogP contribution in [0.15, 0.2) is 0 Å². The van der Waals surface area contributed by atoms with Gasteiger partial charge in [-0.2, -0.15) is 4.42 Å². The summed E-state index contributed by atoms with van der Waals surface area (Å²) < 4.78 is 8.62. The van der Waals surface area contributed by atoms with Crippen LogP contribution >= 0.6 is 11.8 Å². The van der Waals surface area contributed by atoms with Crippen molar-refractivity contribution in [3.8, 4) is 0 Å². The van der Waals surface area contributed by atoms with Gasteiger partial charge in [-0.1, -0.05) is 0 Å². The van der Waals surface area contributed by atoms with Crippen LogP contribution in [0.25, 0.3) is 0 Å². The number of alkyl carbamates (subject to hydrolysis) is 1. The SMILES string of the molecule is COC(=O)NC(=N)N(Cl)C(=O)OC. The van der Waals surface area contributed by atoms with Gasteiger partial charge in [0.2, 0.25) is 5.96 Å². The predicted molar refractivity (Wildman–Crippen MR) is 43.4 cm³/mol. The van der Waals surface area contributed by atoms with Gasteiger partial charge >= 0.3 is 12.2 Å². The van der Waals surface area contributed by atoms with E-state index in [0.717, 1.165) is 14.2 Å². The van der Waals surface area contributed by atoms with Crippen molar-refractivity contribution in [2.24, 2.45) is 0 Å². The average molecular weight is 210 g/mol. The van der Waals surface area contributed by atoms with E-state index in [-0.39, 0.29) is 4.42 Å². The summed E-state index contributed by atoms with van der Waals surface area (Å²) in [5.74, 6) is -0.652. The van der Waals surface area contributed by atoms with Crippen LogP contribution < -0.4 is 5.32 Å². The van der Waals surface area contributed by atoms with Crippen molar-refractivity contribution in [1.82, 2.24) is 9.74 Å². The number of ether oxygens (including phenoxy) is 2. The molecule has 0 rings (SSSR count). The highest BCUT2D eigenvalue weighted by atomic mass is 35.5. The minimum Gasteiger partial charge on any atom is -0.453 e. The summed E-state index contributed by atoms with van der Waals surface area (Å²) in [7, 11) is 2.20. The Labute approximate surface area is 79.2 Å². The first-order chi connectivity index (χ1) is 6.02. The van der Waals surface area contributed by atoms with Gasteiger partial charge in [0.25, 0.3) is 0 Å². The topological polar surface area (TPSA) is 91.7 Å². The first-order valence-corrected chi connectivity index (χ1v) is 3.34. The molecule has 2 amide bonds. The molecule has 0 unspecified atom stereocenters. The molecule has 74 valence electrons. The summed E-state index contributed by atoms with van der Waals surface area (Å²) >= 11 is 5.25. The lowest BCUT2D eigenvalue weighted by Crippen LogP contribution is -2.41. The first-order valence-electron chi connectivity index (χ1n) is 3.00. The van der Waals surface area contributed by atoms with E-state index in [2.05, 4.69) is 9.47 Å². The molecule has 13 heavy (non-hydrogen) atoms. The van der Waals surface area contributed by atoms with E-state index in [1.54, 1.807) is 0 Å². The van der Waals surface area contributed by atoms with Crippen molar-refractivity contribution in [2.45, 2.75) is 0 Å². The highest BCUT2D eigenvalue weighted by molar-refractivity contribution is 6.29. The molecule has 0 spiro atoms. The number of carbonyl (C=O) groups excluding carboxylic acids is 2. The van der Waals surface area contributed by atoms with Gasteiger partial charge in [-0.05, 0) is 0 Å². The van der Waals surface area contributed by atoms with Gasteiger partial charge in [0.05, 0.1) is 14.2 Å². The molecule has 0 aliphatic rings. The molecular formula is C5H8ClN3O4. The zero-order chi connectivity index (χ0) is 10.4. The fourth-order valence-corrected chi connectivity index (χ4v) is 0.479. The molecule has 0 atom stereocenters. The van der Waals surface area contributed by atoms with Crippen molar-refractivity contribution >= 4 is 29.9 Å². The number of halogens is 1. The summed E-state index contributed by atoms with van der Waals surface area (Å²) in [6.45, 7) is 0. The monoisotopic (exact) mass is 209 g/mol. The fraction of sp³-hybridized carbons (Fsp3) is 0.400. The van der Waals surface area contributed by atoms with Gasteiger partial charge in [0.15, 0.2) is 0 Å². The molecule has 0 aromatic carbocycles. The quantitative estimate of drug-likeness (QED) is 0.345. The Kier molecular flexibility index (Phi) is 4.60. The smallest absolute Gasteiger partial charge is 0.431 e. The van der Waals surface area contributed by atoms with Crippen molar-refractivity contribution in [3.05, 3.63) is 0 Å².